The molecule has 2 unspecified atom stereocenters. The molecule has 2 atom stereocenters. The van der Waals surface area contributed by atoms with Crippen LogP contribution in [0.2, 0.25) is 0 Å². The van der Waals surface area contributed by atoms with E-state index in [1.807, 2.05) is 11.8 Å². The van der Waals surface area contributed by atoms with Crippen LogP contribution < -0.4 is 5.32 Å². The number of hydrogen-bond donors (Lipinski definition) is 1. The molecule has 1 N–H and O–H groups in total. The Bertz CT molecular complexity index is 308. The molecular formula is C16H28N2S. The minimum absolute atomic E-state index is 0.644. The van der Waals surface area contributed by atoms with Crippen LogP contribution in [0.25, 0.3) is 0 Å². The van der Waals surface area contributed by atoms with E-state index in [-0.39, 0.29) is 0 Å². The Morgan fingerprint density at radius 3 is 2.37 bits per heavy atom. The number of rotatable bonds is 1. The van der Waals surface area contributed by atoms with Crippen LogP contribution in [0, 0.1) is 5.92 Å². The molecule has 0 spiro atoms. The summed E-state index contributed by atoms with van der Waals surface area (Å²) in [7, 11) is 0. The molecule has 0 radical (unpaired) electrons. The van der Waals surface area contributed by atoms with E-state index in [1.165, 1.54) is 81.5 Å². The summed E-state index contributed by atoms with van der Waals surface area (Å²) in [5.74, 6) is 2.19. The maximum absolute atomic E-state index is 5.02. The molecule has 19 heavy (non-hydrogen) atoms. The van der Waals surface area contributed by atoms with E-state index in [2.05, 4.69) is 5.32 Å². The average molecular weight is 280 g/mol. The molecule has 3 aliphatic rings. The SMILES string of the molecule is C1CCCC(NC2=NC3CCCCC3CS2)CCC1. The van der Waals surface area contributed by atoms with Gasteiger partial charge in [0, 0.05) is 11.8 Å². The van der Waals surface area contributed by atoms with E-state index in [4.69, 9.17) is 4.99 Å². The minimum Gasteiger partial charge on any atom is -0.362 e. The summed E-state index contributed by atoms with van der Waals surface area (Å²) in [6, 6.07) is 1.35. The van der Waals surface area contributed by atoms with Gasteiger partial charge >= 0.3 is 0 Å². The molecular weight excluding hydrogens is 252 g/mol. The fourth-order valence-corrected chi connectivity index (χ4v) is 5.00. The Hall–Kier alpha value is -0.180. The highest BCUT2D eigenvalue weighted by Gasteiger charge is 2.29. The Morgan fingerprint density at radius 1 is 0.842 bits per heavy atom. The van der Waals surface area contributed by atoms with E-state index in [1.54, 1.807) is 0 Å². The van der Waals surface area contributed by atoms with E-state index < -0.39 is 0 Å². The van der Waals surface area contributed by atoms with Gasteiger partial charge in [0.05, 0.1) is 6.04 Å². The summed E-state index contributed by atoms with van der Waals surface area (Å²) in [6.45, 7) is 0. The standard InChI is InChI=1S/C16H28N2S/c1-2-4-9-14(10-5-3-1)17-16-18-15-11-7-6-8-13(15)12-19-16/h13-15H,1-12H2,(H,17,18). The molecule has 0 aromatic carbocycles. The lowest BCUT2D eigenvalue weighted by atomic mass is 9.86. The molecule has 1 heterocycles. The van der Waals surface area contributed by atoms with E-state index in [0.29, 0.717) is 12.1 Å². The second-order valence-corrected chi connectivity index (χ2v) is 7.55. The van der Waals surface area contributed by atoms with Crippen molar-refractivity contribution in [3.8, 4) is 0 Å². The summed E-state index contributed by atoms with van der Waals surface area (Å²) in [6.07, 6.45) is 15.4. The number of amidine groups is 1. The number of fused-ring (bicyclic) bond motifs is 1. The van der Waals surface area contributed by atoms with Gasteiger partial charge in [0.1, 0.15) is 0 Å². The highest BCUT2D eigenvalue weighted by atomic mass is 32.2. The zero-order chi connectivity index (χ0) is 12.9. The van der Waals surface area contributed by atoms with Crippen molar-refractivity contribution in [2.24, 2.45) is 10.9 Å². The maximum Gasteiger partial charge on any atom is 0.157 e. The Balaban J connectivity index is 1.54. The molecule has 108 valence electrons. The maximum atomic E-state index is 5.02. The molecule has 1 aliphatic heterocycles. The van der Waals surface area contributed by atoms with E-state index >= 15 is 0 Å². The minimum atomic E-state index is 0.644. The van der Waals surface area contributed by atoms with Crippen molar-refractivity contribution in [3.05, 3.63) is 0 Å². The van der Waals surface area contributed by atoms with Crippen molar-refractivity contribution < 1.29 is 0 Å². The summed E-state index contributed by atoms with van der Waals surface area (Å²) in [4.78, 5) is 5.02. The lowest BCUT2D eigenvalue weighted by molar-refractivity contribution is 0.334. The summed E-state index contributed by atoms with van der Waals surface area (Å²) in [5.41, 5.74) is 0. The molecule has 3 rings (SSSR count). The number of hydrogen-bond acceptors (Lipinski definition) is 3. The molecule has 2 saturated carbocycles. The van der Waals surface area contributed by atoms with Gasteiger partial charge in [-0.05, 0) is 31.6 Å². The highest BCUT2D eigenvalue weighted by molar-refractivity contribution is 8.13. The summed E-state index contributed by atoms with van der Waals surface area (Å²) >= 11 is 1.99. The fourth-order valence-electron chi connectivity index (χ4n) is 3.78. The topological polar surface area (TPSA) is 24.4 Å². The zero-order valence-corrected chi connectivity index (χ0v) is 12.9. The van der Waals surface area contributed by atoms with Crippen LogP contribution in [-0.4, -0.2) is 23.0 Å². The lowest BCUT2D eigenvalue weighted by Gasteiger charge is -2.34. The Kier molecular flexibility index (Phi) is 5.09. The molecule has 3 heteroatoms. The predicted octanol–water partition coefficient (Wildman–Crippen LogP) is 4.35. The van der Waals surface area contributed by atoms with Crippen LogP contribution in [-0.2, 0) is 0 Å². The van der Waals surface area contributed by atoms with Gasteiger partial charge in [-0.1, -0.05) is 56.7 Å². The number of nitrogens with one attached hydrogen (secondary N) is 1. The third-order valence-electron chi connectivity index (χ3n) is 5.02. The van der Waals surface area contributed by atoms with Crippen molar-refractivity contribution in [2.45, 2.75) is 82.7 Å². The number of thioether (sulfide) groups is 1. The second kappa shape index (κ2) is 7.01. The number of aliphatic imine (C=N–C) groups is 1. The lowest BCUT2D eigenvalue weighted by Crippen LogP contribution is -2.39. The third-order valence-corrected chi connectivity index (χ3v) is 6.11. The first kappa shape index (κ1) is 13.8. The number of nitrogens with zero attached hydrogens (tertiary/aromatic N) is 1. The summed E-state index contributed by atoms with van der Waals surface area (Å²) in [5, 5.41) is 5.04. The van der Waals surface area contributed by atoms with E-state index in [9.17, 15) is 0 Å². The molecule has 2 fully saturated rings. The van der Waals surface area contributed by atoms with Crippen LogP contribution in [0.4, 0.5) is 0 Å². The van der Waals surface area contributed by atoms with Crippen LogP contribution in [0.1, 0.15) is 70.6 Å². The molecule has 0 saturated heterocycles. The largest absolute Gasteiger partial charge is 0.362 e. The normalized spacial score (nSPS) is 33.8. The predicted molar refractivity (Wildman–Crippen MR) is 84.9 cm³/mol. The Morgan fingerprint density at radius 2 is 1.53 bits per heavy atom. The highest BCUT2D eigenvalue weighted by Crippen LogP contribution is 2.34. The Labute approximate surface area is 122 Å². The third kappa shape index (κ3) is 3.90. The van der Waals surface area contributed by atoms with Crippen molar-refractivity contribution in [3.63, 3.8) is 0 Å². The molecule has 0 bridgehead atoms. The smallest absolute Gasteiger partial charge is 0.157 e. The molecule has 0 aromatic rings. The fraction of sp³-hybridized carbons (Fsp3) is 0.938. The second-order valence-electron chi connectivity index (χ2n) is 6.54. The average Bonchev–Trinajstić information content (AvgIpc) is 2.41. The van der Waals surface area contributed by atoms with Gasteiger partial charge < -0.3 is 5.32 Å². The van der Waals surface area contributed by atoms with E-state index in [0.717, 1.165) is 5.92 Å². The van der Waals surface area contributed by atoms with Crippen LogP contribution >= 0.6 is 11.8 Å². The van der Waals surface area contributed by atoms with Crippen molar-refractivity contribution in [1.29, 1.82) is 0 Å². The van der Waals surface area contributed by atoms with Crippen molar-refractivity contribution >= 4 is 16.9 Å². The first-order valence-corrected chi connectivity index (χ1v) is 9.37. The summed E-state index contributed by atoms with van der Waals surface area (Å²) < 4.78 is 0. The first-order valence-electron chi connectivity index (χ1n) is 8.39. The van der Waals surface area contributed by atoms with Gasteiger partial charge in [0.2, 0.25) is 0 Å². The van der Waals surface area contributed by atoms with Crippen LogP contribution in [0.15, 0.2) is 4.99 Å². The zero-order valence-electron chi connectivity index (χ0n) is 12.1. The van der Waals surface area contributed by atoms with Gasteiger partial charge in [-0.2, -0.15) is 0 Å². The molecule has 2 aliphatic carbocycles. The van der Waals surface area contributed by atoms with Gasteiger partial charge in [-0.25, -0.2) is 0 Å². The van der Waals surface area contributed by atoms with Crippen LogP contribution in [0.5, 0.6) is 0 Å². The quantitative estimate of drug-likeness (QED) is 0.772. The first-order chi connectivity index (χ1) is 9.42. The monoisotopic (exact) mass is 280 g/mol. The molecule has 0 amide bonds. The molecule has 0 aromatic heterocycles. The van der Waals surface area contributed by atoms with Gasteiger partial charge in [0.25, 0.3) is 0 Å². The van der Waals surface area contributed by atoms with Crippen molar-refractivity contribution in [2.75, 3.05) is 5.75 Å². The van der Waals surface area contributed by atoms with Crippen LogP contribution in [0.3, 0.4) is 0 Å². The molecule has 2 nitrogen and oxygen atoms in total. The van der Waals surface area contributed by atoms with Gasteiger partial charge in [-0.3, -0.25) is 4.99 Å². The van der Waals surface area contributed by atoms with Crippen molar-refractivity contribution in [1.82, 2.24) is 5.32 Å². The van der Waals surface area contributed by atoms with Gasteiger partial charge in [-0.15, -0.1) is 0 Å². The van der Waals surface area contributed by atoms with Gasteiger partial charge in [0.15, 0.2) is 5.17 Å².